The van der Waals surface area contributed by atoms with Gasteiger partial charge < -0.3 is 26.4 Å². The number of nitrogen functional groups attached to an aromatic ring is 1. The third kappa shape index (κ3) is 5.57. The standard InChI is InChI=1S/C21H30N6O2/c1-3-5-15-11-19(27-9-4-6-17(12-27)23-20(29)13-28)26-21(24-15)25-16-8-7-14(2)18(22)10-16/h7-8,10-11,17,28H,3-6,9,12-13,22H2,1-2H3,(H,23,29)(H,24,25,26). The van der Waals surface area contributed by atoms with Gasteiger partial charge in [0.25, 0.3) is 0 Å². The molecule has 1 fully saturated rings. The van der Waals surface area contributed by atoms with E-state index in [1.54, 1.807) is 0 Å². The van der Waals surface area contributed by atoms with Crippen molar-refractivity contribution in [1.82, 2.24) is 15.3 Å². The number of hydrogen-bond acceptors (Lipinski definition) is 7. The number of anilines is 4. The van der Waals surface area contributed by atoms with Crippen molar-refractivity contribution in [3.63, 3.8) is 0 Å². The molecule has 0 spiro atoms. The van der Waals surface area contributed by atoms with E-state index in [2.05, 4.69) is 27.4 Å². The Balaban J connectivity index is 1.82. The quantitative estimate of drug-likeness (QED) is 0.528. The van der Waals surface area contributed by atoms with Gasteiger partial charge in [0.05, 0.1) is 0 Å². The minimum absolute atomic E-state index is 0.00120. The summed E-state index contributed by atoms with van der Waals surface area (Å²) in [5.41, 5.74) is 9.59. The van der Waals surface area contributed by atoms with Crippen LogP contribution in [0, 0.1) is 6.92 Å². The summed E-state index contributed by atoms with van der Waals surface area (Å²) < 4.78 is 0. The van der Waals surface area contributed by atoms with Gasteiger partial charge in [-0.05, 0) is 43.9 Å². The fourth-order valence-electron chi connectivity index (χ4n) is 3.51. The Hall–Kier alpha value is -2.87. The van der Waals surface area contributed by atoms with E-state index in [-0.39, 0.29) is 11.9 Å². The number of rotatable bonds is 7. The highest BCUT2D eigenvalue weighted by Gasteiger charge is 2.23. The number of nitrogens with zero attached hydrogens (tertiary/aromatic N) is 3. The van der Waals surface area contributed by atoms with Crippen LogP contribution in [-0.2, 0) is 11.2 Å². The van der Waals surface area contributed by atoms with Crippen molar-refractivity contribution in [3.05, 3.63) is 35.5 Å². The maximum atomic E-state index is 11.5. The summed E-state index contributed by atoms with van der Waals surface area (Å²) in [6.07, 6.45) is 3.69. The number of carbonyl (C=O) groups is 1. The highest BCUT2D eigenvalue weighted by atomic mass is 16.3. The maximum absolute atomic E-state index is 11.5. The van der Waals surface area contributed by atoms with E-state index in [9.17, 15) is 4.79 Å². The summed E-state index contributed by atoms with van der Waals surface area (Å²) >= 11 is 0. The molecule has 8 heteroatoms. The molecule has 1 amide bonds. The van der Waals surface area contributed by atoms with Crippen molar-refractivity contribution in [1.29, 1.82) is 0 Å². The first-order valence-electron chi connectivity index (χ1n) is 10.1. The topological polar surface area (TPSA) is 116 Å². The van der Waals surface area contributed by atoms with Crippen LogP contribution in [0.4, 0.5) is 23.1 Å². The molecule has 29 heavy (non-hydrogen) atoms. The molecule has 5 N–H and O–H groups in total. The van der Waals surface area contributed by atoms with Gasteiger partial charge in [-0.2, -0.15) is 4.98 Å². The molecule has 0 bridgehead atoms. The molecular formula is C21H30N6O2. The molecule has 0 radical (unpaired) electrons. The summed E-state index contributed by atoms with van der Waals surface area (Å²) in [6.45, 7) is 5.13. The monoisotopic (exact) mass is 398 g/mol. The number of aryl methyl sites for hydroxylation is 2. The average Bonchev–Trinajstić information content (AvgIpc) is 2.71. The summed E-state index contributed by atoms with van der Waals surface area (Å²) in [7, 11) is 0. The smallest absolute Gasteiger partial charge is 0.245 e. The Morgan fingerprint density at radius 2 is 2.17 bits per heavy atom. The van der Waals surface area contributed by atoms with Crippen molar-refractivity contribution in [2.45, 2.75) is 45.6 Å². The number of nitrogens with two attached hydrogens (primary N) is 1. The Kier molecular flexibility index (Phi) is 6.87. The molecule has 1 saturated heterocycles. The van der Waals surface area contributed by atoms with Crippen molar-refractivity contribution in [3.8, 4) is 0 Å². The van der Waals surface area contributed by atoms with E-state index in [0.29, 0.717) is 12.5 Å². The number of aromatic nitrogens is 2. The molecule has 156 valence electrons. The normalized spacial score (nSPS) is 16.5. The number of aliphatic hydroxyl groups is 1. The van der Waals surface area contributed by atoms with E-state index >= 15 is 0 Å². The van der Waals surface area contributed by atoms with Crippen molar-refractivity contribution in [2.24, 2.45) is 0 Å². The molecule has 2 aromatic rings. The molecular weight excluding hydrogens is 368 g/mol. The lowest BCUT2D eigenvalue weighted by molar-refractivity contribution is -0.124. The molecule has 2 heterocycles. The second-order valence-electron chi connectivity index (χ2n) is 7.50. The van der Waals surface area contributed by atoms with Crippen LogP contribution < -0.4 is 21.3 Å². The summed E-state index contributed by atoms with van der Waals surface area (Å²) in [6, 6.07) is 7.83. The van der Waals surface area contributed by atoms with Crippen LogP contribution in [-0.4, -0.2) is 46.7 Å². The Bertz CT molecular complexity index is 857. The second kappa shape index (κ2) is 9.56. The minimum atomic E-state index is -0.488. The average molecular weight is 399 g/mol. The van der Waals surface area contributed by atoms with Crippen LogP contribution in [0.2, 0.25) is 0 Å². The molecule has 0 aliphatic carbocycles. The first kappa shape index (κ1) is 20.9. The molecule has 1 aromatic heterocycles. The number of carbonyl (C=O) groups excluding carboxylic acids is 1. The fourth-order valence-corrected chi connectivity index (χ4v) is 3.51. The summed E-state index contributed by atoms with van der Waals surface area (Å²) in [5, 5.41) is 15.1. The van der Waals surface area contributed by atoms with Gasteiger partial charge in [-0.15, -0.1) is 0 Å². The number of hydrogen-bond donors (Lipinski definition) is 4. The number of amides is 1. The fraction of sp³-hybridized carbons (Fsp3) is 0.476. The van der Waals surface area contributed by atoms with Crippen LogP contribution in [0.25, 0.3) is 0 Å². The van der Waals surface area contributed by atoms with Gasteiger partial charge in [-0.25, -0.2) is 4.98 Å². The van der Waals surface area contributed by atoms with Crippen LogP contribution in [0.3, 0.4) is 0 Å². The zero-order chi connectivity index (χ0) is 20.8. The zero-order valence-electron chi connectivity index (χ0n) is 17.1. The van der Waals surface area contributed by atoms with Gasteiger partial charge >= 0.3 is 0 Å². The first-order valence-corrected chi connectivity index (χ1v) is 10.1. The van der Waals surface area contributed by atoms with Crippen molar-refractivity contribution >= 4 is 29.0 Å². The van der Waals surface area contributed by atoms with E-state index < -0.39 is 6.61 Å². The van der Waals surface area contributed by atoms with Gasteiger partial charge in [-0.1, -0.05) is 19.4 Å². The Labute approximate surface area is 171 Å². The second-order valence-corrected chi connectivity index (χ2v) is 7.50. The van der Waals surface area contributed by atoms with Gasteiger partial charge in [0, 0.05) is 42.3 Å². The lowest BCUT2D eigenvalue weighted by Crippen LogP contribution is -2.48. The number of piperidine rings is 1. The third-order valence-electron chi connectivity index (χ3n) is 5.06. The van der Waals surface area contributed by atoms with E-state index in [1.165, 1.54) is 0 Å². The molecule has 0 saturated carbocycles. The minimum Gasteiger partial charge on any atom is -0.398 e. The maximum Gasteiger partial charge on any atom is 0.245 e. The van der Waals surface area contributed by atoms with Crippen LogP contribution >= 0.6 is 0 Å². The third-order valence-corrected chi connectivity index (χ3v) is 5.06. The van der Waals surface area contributed by atoms with Gasteiger partial charge in [0.1, 0.15) is 12.4 Å². The molecule has 1 atom stereocenters. The van der Waals surface area contributed by atoms with Gasteiger partial charge in [-0.3, -0.25) is 4.79 Å². The summed E-state index contributed by atoms with van der Waals surface area (Å²) in [5.74, 6) is 1.04. The molecule has 3 rings (SSSR count). The highest BCUT2D eigenvalue weighted by Crippen LogP contribution is 2.24. The largest absolute Gasteiger partial charge is 0.398 e. The van der Waals surface area contributed by atoms with Gasteiger partial charge in [0.15, 0.2) is 0 Å². The van der Waals surface area contributed by atoms with E-state index in [1.807, 2.05) is 31.2 Å². The van der Waals surface area contributed by atoms with Crippen LogP contribution in [0.15, 0.2) is 24.3 Å². The Morgan fingerprint density at radius 3 is 2.90 bits per heavy atom. The molecule has 1 aromatic carbocycles. The highest BCUT2D eigenvalue weighted by molar-refractivity contribution is 5.77. The van der Waals surface area contributed by atoms with Gasteiger partial charge in [0.2, 0.25) is 11.9 Å². The molecule has 8 nitrogen and oxygen atoms in total. The predicted octanol–water partition coefficient (Wildman–Crippen LogP) is 2.14. The van der Waals surface area contributed by atoms with Crippen LogP contribution in [0.5, 0.6) is 0 Å². The zero-order valence-corrected chi connectivity index (χ0v) is 17.1. The predicted molar refractivity (Wildman–Crippen MR) is 115 cm³/mol. The van der Waals surface area contributed by atoms with Crippen molar-refractivity contribution in [2.75, 3.05) is 35.6 Å². The molecule has 1 aliphatic rings. The van der Waals surface area contributed by atoms with E-state index in [0.717, 1.165) is 60.7 Å². The molecule has 1 aliphatic heterocycles. The van der Waals surface area contributed by atoms with Crippen LogP contribution in [0.1, 0.15) is 37.4 Å². The number of nitrogens with one attached hydrogen (secondary N) is 2. The Morgan fingerprint density at radius 1 is 1.34 bits per heavy atom. The molecule has 1 unspecified atom stereocenters. The lowest BCUT2D eigenvalue weighted by Gasteiger charge is -2.34. The summed E-state index contributed by atoms with van der Waals surface area (Å²) in [4.78, 5) is 23.1. The number of benzene rings is 1. The number of aliphatic hydroxyl groups excluding tert-OH is 1. The lowest BCUT2D eigenvalue weighted by atomic mass is 10.1. The SMILES string of the molecule is CCCc1cc(N2CCCC(NC(=O)CO)C2)nc(Nc2ccc(C)c(N)c2)n1. The van der Waals surface area contributed by atoms with Crippen molar-refractivity contribution < 1.29 is 9.90 Å². The first-order chi connectivity index (χ1) is 14.0. The van der Waals surface area contributed by atoms with E-state index in [4.69, 9.17) is 15.8 Å².